The molecule has 290 valence electrons. The molecule has 4 heteroatoms. The molecular formula is C50H67NO3. The number of rotatable bonds is 9. The van der Waals surface area contributed by atoms with Crippen LogP contribution in [0.4, 0.5) is 0 Å². The lowest BCUT2D eigenvalue weighted by molar-refractivity contribution is -0.177. The molecule has 2 heterocycles. The molecule has 2 saturated heterocycles. The fraction of sp³-hybridized carbons (Fsp3) is 0.640. The second kappa shape index (κ2) is 15.1. The summed E-state index contributed by atoms with van der Waals surface area (Å²) in [7, 11) is 0. The Balaban J connectivity index is 0.886. The zero-order valence-electron chi connectivity index (χ0n) is 33.1. The van der Waals surface area contributed by atoms with Crippen molar-refractivity contribution in [1.82, 2.24) is 4.90 Å². The first-order valence-electron chi connectivity index (χ1n) is 22.2. The summed E-state index contributed by atoms with van der Waals surface area (Å²) in [5, 5.41) is 34.6. The molecule has 14 atom stereocenters. The van der Waals surface area contributed by atoms with Crippen molar-refractivity contribution in [3.63, 3.8) is 0 Å². The highest BCUT2D eigenvalue weighted by Crippen LogP contribution is 2.67. The summed E-state index contributed by atoms with van der Waals surface area (Å²) < 4.78 is 0. The molecule has 6 aliphatic rings. The van der Waals surface area contributed by atoms with Gasteiger partial charge in [-0.05, 0) is 178 Å². The number of aliphatic hydroxyl groups excluding tert-OH is 2. The van der Waals surface area contributed by atoms with Gasteiger partial charge in [-0.3, -0.25) is 4.90 Å². The molecule has 4 nitrogen and oxygen atoms in total. The van der Waals surface area contributed by atoms with E-state index in [0.717, 1.165) is 64.5 Å². The van der Waals surface area contributed by atoms with E-state index in [9.17, 15) is 15.3 Å². The Kier molecular flexibility index (Phi) is 10.4. The van der Waals surface area contributed by atoms with E-state index in [-0.39, 0.29) is 29.6 Å². The van der Waals surface area contributed by atoms with Crippen LogP contribution in [0.15, 0.2) is 84.9 Å². The van der Waals surface area contributed by atoms with Gasteiger partial charge in [0.05, 0.1) is 17.8 Å². The Hall–Kier alpha value is -2.50. The van der Waals surface area contributed by atoms with Gasteiger partial charge < -0.3 is 15.3 Å². The van der Waals surface area contributed by atoms with Gasteiger partial charge in [0, 0.05) is 19.1 Å². The maximum Gasteiger partial charge on any atom is 0.0805 e. The molecule has 0 amide bonds. The minimum atomic E-state index is -0.632. The van der Waals surface area contributed by atoms with Crippen molar-refractivity contribution in [2.75, 3.05) is 13.1 Å². The summed E-state index contributed by atoms with van der Waals surface area (Å²) in [5.74, 6) is 5.03. The molecule has 3 N–H and O–H groups in total. The fourth-order valence-corrected chi connectivity index (χ4v) is 14.4. The van der Waals surface area contributed by atoms with Crippen molar-refractivity contribution in [3.05, 3.63) is 107 Å². The van der Waals surface area contributed by atoms with Crippen molar-refractivity contribution < 1.29 is 15.3 Å². The first-order chi connectivity index (χ1) is 26.2. The topological polar surface area (TPSA) is 63.9 Å². The predicted octanol–water partition coefficient (Wildman–Crippen LogP) is 9.45. The molecular weight excluding hydrogens is 663 g/mol. The third-order valence-corrected chi connectivity index (χ3v) is 17.1. The summed E-state index contributed by atoms with van der Waals surface area (Å²) in [4.78, 5) is 2.79. The molecule has 3 aromatic carbocycles. The van der Waals surface area contributed by atoms with Gasteiger partial charge in [-0.25, -0.2) is 0 Å². The largest absolute Gasteiger partial charge is 0.393 e. The molecule has 0 radical (unpaired) electrons. The summed E-state index contributed by atoms with van der Waals surface area (Å²) in [6.07, 6.45) is 14.9. The average molecular weight is 730 g/mol. The highest BCUT2D eigenvalue weighted by atomic mass is 16.3. The van der Waals surface area contributed by atoms with Crippen LogP contribution in [0.2, 0.25) is 0 Å². The number of nitrogens with zero attached hydrogens (tertiary/aromatic N) is 1. The van der Waals surface area contributed by atoms with E-state index < -0.39 is 5.60 Å². The standard InChI is InChI=1S/C50H67NO3/c1-49-26-25-39(52)28-46(49)47(53)30-42-40-22-23-44-43(41(40)29-45(42)49)32-51-31-36(17-24-48(51)50(44,2)54)16-21-37(18-13-33-9-5-3-6-10-33)38-19-14-35(15-20-38)27-34-11-7-4-8-12-34/h3-12,14-15,19-20,36-37,39-48,52-54H,13,16-18,21-32H2,1-2H3. The van der Waals surface area contributed by atoms with Crippen LogP contribution >= 0.6 is 0 Å². The Morgan fingerprint density at radius 1 is 0.648 bits per heavy atom. The first-order valence-corrected chi connectivity index (χ1v) is 22.2. The van der Waals surface area contributed by atoms with E-state index in [4.69, 9.17) is 0 Å². The monoisotopic (exact) mass is 730 g/mol. The summed E-state index contributed by atoms with van der Waals surface area (Å²) in [6.45, 7) is 6.98. The Morgan fingerprint density at radius 3 is 2.13 bits per heavy atom. The van der Waals surface area contributed by atoms with Gasteiger partial charge in [0.15, 0.2) is 0 Å². The smallest absolute Gasteiger partial charge is 0.0805 e. The minimum Gasteiger partial charge on any atom is -0.393 e. The van der Waals surface area contributed by atoms with E-state index in [1.54, 1.807) is 0 Å². The first kappa shape index (κ1) is 37.1. The van der Waals surface area contributed by atoms with Crippen LogP contribution < -0.4 is 0 Å². The number of fused-ring (bicyclic) bond motifs is 8. The van der Waals surface area contributed by atoms with Crippen molar-refractivity contribution >= 4 is 0 Å². The van der Waals surface area contributed by atoms with Crippen molar-refractivity contribution in [3.8, 4) is 0 Å². The van der Waals surface area contributed by atoms with Crippen LogP contribution in [0, 0.1) is 52.8 Å². The van der Waals surface area contributed by atoms with Gasteiger partial charge in [-0.2, -0.15) is 0 Å². The number of hydrogen-bond acceptors (Lipinski definition) is 4. The average Bonchev–Trinajstić information content (AvgIpc) is 3.56. The Morgan fingerprint density at radius 2 is 1.37 bits per heavy atom. The van der Waals surface area contributed by atoms with E-state index in [1.807, 2.05) is 0 Å². The lowest BCUT2D eigenvalue weighted by Gasteiger charge is -2.60. The highest BCUT2D eigenvalue weighted by Gasteiger charge is 2.64. The Labute approximate surface area is 325 Å². The van der Waals surface area contributed by atoms with Gasteiger partial charge in [-0.15, -0.1) is 0 Å². The van der Waals surface area contributed by atoms with E-state index in [0.29, 0.717) is 47.3 Å². The van der Waals surface area contributed by atoms with Crippen LogP contribution in [-0.2, 0) is 12.8 Å². The molecule has 54 heavy (non-hydrogen) atoms. The maximum absolute atomic E-state index is 12.5. The van der Waals surface area contributed by atoms with Crippen LogP contribution in [0.25, 0.3) is 0 Å². The molecule has 3 aromatic rings. The van der Waals surface area contributed by atoms with Crippen molar-refractivity contribution in [2.45, 2.75) is 134 Å². The number of benzene rings is 3. The van der Waals surface area contributed by atoms with Crippen LogP contribution in [0.3, 0.4) is 0 Å². The third kappa shape index (κ3) is 6.94. The molecule has 14 unspecified atom stereocenters. The third-order valence-electron chi connectivity index (χ3n) is 17.1. The molecule has 0 spiro atoms. The lowest BCUT2D eigenvalue weighted by Crippen LogP contribution is -2.67. The second-order valence-electron chi connectivity index (χ2n) is 19.9. The summed E-state index contributed by atoms with van der Waals surface area (Å²) in [6, 6.07) is 31.7. The maximum atomic E-state index is 12.5. The van der Waals surface area contributed by atoms with E-state index in [1.165, 1.54) is 60.8 Å². The van der Waals surface area contributed by atoms with Gasteiger partial charge >= 0.3 is 0 Å². The fourth-order valence-electron chi connectivity index (χ4n) is 14.4. The molecule has 0 aromatic heterocycles. The number of aliphatic hydroxyl groups is 3. The quantitative estimate of drug-likeness (QED) is 0.206. The van der Waals surface area contributed by atoms with Crippen molar-refractivity contribution in [1.29, 1.82) is 0 Å². The molecule has 0 bridgehead atoms. The molecule has 6 fully saturated rings. The van der Waals surface area contributed by atoms with Crippen LogP contribution in [0.1, 0.15) is 119 Å². The van der Waals surface area contributed by atoms with Gasteiger partial charge in [0.2, 0.25) is 0 Å². The van der Waals surface area contributed by atoms with E-state index >= 15 is 0 Å². The van der Waals surface area contributed by atoms with Gasteiger partial charge in [0.25, 0.3) is 0 Å². The van der Waals surface area contributed by atoms with Gasteiger partial charge in [-0.1, -0.05) is 91.9 Å². The zero-order valence-corrected chi connectivity index (χ0v) is 33.1. The van der Waals surface area contributed by atoms with Crippen LogP contribution in [0.5, 0.6) is 0 Å². The second-order valence-corrected chi connectivity index (χ2v) is 19.9. The minimum absolute atomic E-state index is 0.142. The van der Waals surface area contributed by atoms with Crippen molar-refractivity contribution in [2.24, 2.45) is 52.8 Å². The Bertz CT molecular complexity index is 1690. The molecule has 2 aliphatic heterocycles. The highest BCUT2D eigenvalue weighted by molar-refractivity contribution is 5.30. The molecule has 4 saturated carbocycles. The zero-order chi connectivity index (χ0) is 37.0. The summed E-state index contributed by atoms with van der Waals surface area (Å²) in [5.41, 5.74) is 5.19. The SMILES string of the molecule is CC1(O)C2CCC3C(CC4C3CC(O)C3CC(O)CCC34C)C2CN2CC(CCC(CCc3ccccc3)c3ccc(Cc4ccccc4)cc3)CCC21. The van der Waals surface area contributed by atoms with E-state index in [2.05, 4.69) is 104 Å². The number of hydrogen-bond donors (Lipinski definition) is 3. The van der Waals surface area contributed by atoms with Gasteiger partial charge in [0.1, 0.15) is 0 Å². The van der Waals surface area contributed by atoms with Crippen LogP contribution in [-0.4, -0.2) is 57.2 Å². The predicted molar refractivity (Wildman–Crippen MR) is 218 cm³/mol. The molecule has 9 rings (SSSR count). The molecule has 4 aliphatic carbocycles. The number of piperidine rings is 2. The normalized spacial score (nSPS) is 40.8. The number of aryl methyl sites for hydroxylation is 1. The lowest BCUT2D eigenvalue weighted by atomic mass is 9.51. The summed E-state index contributed by atoms with van der Waals surface area (Å²) >= 11 is 0.